The lowest BCUT2D eigenvalue weighted by molar-refractivity contribution is 0.590. The van der Waals surface area contributed by atoms with Gasteiger partial charge >= 0.3 is 0 Å². The molecular weight excluding hydrogens is 877 g/mol. The van der Waals surface area contributed by atoms with Crippen LogP contribution in [0.3, 0.4) is 0 Å². The molecule has 0 unspecified atom stereocenters. The van der Waals surface area contributed by atoms with Crippen LogP contribution < -0.4 is 30.5 Å². The van der Waals surface area contributed by atoms with Crippen molar-refractivity contribution in [3.8, 4) is 22.3 Å². The number of anilines is 6. The lowest BCUT2D eigenvalue weighted by atomic mass is 9.86. The minimum atomic E-state index is -2.22. The largest absolute Gasteiger partial charge is 0.311 e. The Labute approximate surface area is 422 Å². The molecule has 70 heavy (non-hydrogen) atoms. The summed E-state index contributed by atoms with van der Waals surface area (Å²) in [7, 11) is -4.44. The second kappa shape index (κ2) is 16.3. The van der Waals surface area contributed by atoms with Crippen molar-refractivity contribution in [3.63, 3.8) is 0 Å². The second-order valence-corrected chi connectivity index (χ2v) is 34.3. The minimum Gasteiger partial charge on any atom is -0.311 e. The molecule has 4 heteroatoms. The molecule has 0 aromatic heterocycles. The Bertz CT molecular complexity index is 3190. The molecule has 0 atom stereocenters. The van der Waals surface area contributed by atoms with Gasteiger partial charge in [-0.25, -0.2) is 0 Å². The summed E-state index contributed by atoms with van der Waals surface area (Å²) in [6, 6.07) is 61.8. The number of nitrogens with zero attached hydrogens (tertiary/aromatic N) is 2. The van der Waals surface area contributed by atoms with Crippen LogP contribution in [0.15, 0.2) is 158 Å². The summed E-state index contributed by atoms with van der Waals surface area (Å²) >= 11 is 0. The molecule has 2 nitrogen and oxygen atoms in total. The quantitative estimate of drug-likeness (QED) is 0.153. The molecule has 0 fully saturated rings. The van der Waals surface area contributed by atoms with Crippen molar-refractivity contribution < 1.29 is 0 Å². The summed E-state index contributed by atoms with van der Waals surface area (Å²) in [6.07, 6.45) is 0. The zero-order valence-corrected chi connectivity index (χ0v) is 46.9. The van der Waals surface area contributed by atoms with Gasteiger partial charge in [0.1, 0.15) is 16.1 Å². The minimum absolute atomic E-state index is 0.0764. The Morgan fingerprint density at radius 3 is 1.00 bits per heavy atom. The molecule has 0 bridgehead atoms. The Balaban J connectivity index is 1.11. The van der Waals surface area contributed by atoms with Crippen LogP contribution in [0.25, 0.3) is 33.0 Å². The van der Waals surface area contributed by atoms with Gasteiger partial charge in [0.2, 0.25) is 0 Å². The van der Waals surface area contributed by atoms with E-state index >= 15 is 0 Å². The topological polar surface area (TPSA) is 6.48 Å². The molecule has 0 N–H and O–H groups in total. The van der Waals surface area contributed by atoms with Gasteiger partial charge in [-0.15, -0.1) is 0 Å². The Hall–Kier alpha value is -5.95. The number of benzene rings is 8. The standard InChI is InChI=1S/C66H74N2Si2/c1-63(2,3)43-20-28-47(29-21-43)67(48-30-22-44(23-31-48)64(4,5)6)51-36-38-53-56-42-60-61(55-18-17-19-57(62(55)56)69(13,14)58(53)40-51)54-39-37-52(41-59(54)70(60,15)16)68(49-32-24-45(25-33-49)65(7,8)9)50-34-26-46(27-35-50)66(10,11)12/h17-42H,1-16H3. The van der Waals surface area contributed by atoms with Crippen molar-refractivity contribution >= 4 is 81.8 Å². The molecule has 8 aromatic carbocycles. The van der Waals surface area contributed by atoms with E-state index in [0.717, 1.165) is 0 Å². The Kier molecular flexibility index (Phi) is 11.1. The first-order valence-electron chi connectivity index (χ1n) is 25.7. The normalized spacial score (nSPS) is 14.8. The van der Waals surface area contributed by atoms with Crippen LogP contribution in [0.4, 0.5) is 34.1 Å². The number of fused-ring (bicyclic) bond motifs is 6. The monoisotopic (exact) mass is 951 g/mol. The Morgan fingerprint density at radius 2 is 0.629 bits per heavy atom. The highest BCUT2D eigenvalue weighted by atomic mass is 28.3. The van der Waals surface area contributed by atoms with Gasteiger partial charge in [0.05, 0.1) is 0 Å². The molecule has 2 aliphatic heterocycles. The van der Waals surface area contributed by atoms with Crippen LogP contribution >= 0.6 is 0 Å². The van der Waals surface area contributed by atoms with Crippen molar-refractivity contribution in [1.82, 2.24) is 0 Å². The summed E-state index contributed by atoms with van der Waals surface area (Å²) in [5.41, 5.74) is 18.5. The summed E-state index contributed by atoms with van der Waals surface area (Å²) in [5.74, 6) is 0. The summed E-state index contributed by atoms with van der Waals surface area (Å²) in [6.45, 7) is 37.9. The van der Waals surface area contributed by atoms with Crippen LogP contribution in [0, 0.1) is 0 Å². The zero-order valence-electron chi connectivity index (χ0n) is 44.9. The van der Waals surface area contributed by atoms with E-state index in [-0.39, 0.29) is 21.7 Å². The first-order chi connectivity index (χ1) is 32.7. The van der Waals surface area contributed by atoms with Crippen molar-refractivity contribution in [2.24, 2.45) is 0 Å². The molecule has 0 radical (unpaired) electrons. The molecule has 10 rings (SSSR count). The average molecular weight is 952 g/mol. The van der Waals surface area contributed by atoms with E-state index in [1.807, 2.05) is 0 Å². The highest BCUT2D eigenvalue weighted by Crippen LogP contribution is 2.45. The summed E-state index contributed by atoms with van der Waals surface area (Å²) in [5, 5.41) is 8.99. The highest BCUT2D eigenvalue weighted by molar-refractivity contribution is 7.05. The predicted molar refractivity (Wildman–Crippen MR) is 312 cm³/mol. The molecule has 0 saturated carbocycles. The molecule has 0 saturated heterocycles. The average Bonchev–Trinajstić information content (AvgIpc) is 3.53. The van der Waals surface area contributed by atoms with Gasteiger partial charge in [-0.3, -0.25) is 0 Å². The van der Waals surface area contributed by atoms with E-state index < -0.39 is 16.1 Å². The Morgan fingerprint density at radius 1 is 0.300 bits per heavy atom. The van der Waals surface area contributed by atoms with Crippen LogP contribution in [0.1, 0.15) is 105 Å². The van der Waals surface area contributed by atoms with E-state index in [1.165, 1.54) is 105 Å². The maximum Gasteiger partial charge on any atom is 0.113 e. The van der Waals surface area contributed by atoms with Crippen LogP contribution in [0.5, 0.6) is 0 Å². The van der Waals surface area contributed by atoms with E-state index in [4.69, 9.17) is 0 Å². The molecule has 8 aromatic rings. The SMILES string of the molecule is CC(C)(C)c1ccc(N(c2ccc(C(C)(C)C)cc2)c2ccc3c(c2)[Si](C)(C)c2cc4c5c(cccc5c2-3)[Si](C)(C)c2cc(N(c3ccc(C(C)(C)C)cc3)c3ccc(C(C)(C)C)cc3)ccc2-4)cc1. The lowest BCUT2D eigenvalue weighted by Crippen LogP contribution is -2.56. The fourth-order valence-corrected chi connectivity index (χ4v) is 17.6. The maximum atomic E-state index is 2.65. The fourth-order valence-electron chi connectivity index (χ4n) is 11.5. The second-order valence-electron chi connectivity index (χ2n) is 25.6. The van der Waals surface area contributed by atoms with Gasteiger partial charge in [0.25, 0.3) is 0 Å². The van der Waals surface area contributed by atoms with Gasteiger partial charge in [0, 0.05) is 34.1 Å². The van der Waals surface area contributed by atoms with Gasteiger partial charge in [0.15, 0.2) is 0 Å². The van der Waals surface area contributed by atoms with Gasteiger partial charge in [-0.1, -0.05) is 194 Å². The van der Waals surface area contributed by atoms with E-state index in [0.29, 0.717) is 0 Å². The zero-order chi connectivity index (χ0) is 50.1. The smallest absolute Gasteiger partial charge is 0.113 e. The van der Waals surface area contributed by atoms with Crippen molar-refractivity contribution in [2.45, 2.75) is 131 Å². The van der Waals surface area contributed by atoms with E-state index in [9.17, 15) is 0 Å². The van der Waals surface area contributed by atoms with Crippen molar-refractivity contribution in [2.75, 3.05) is 9.80 Å². The summed E-state index contributed by atoms with van der Waals surface area (Å²) < 4.78 is 0. The fraction of sp³-hybridized carbons (Fsp3) is 0.303. The van der Waals surface area contributed by atoms with Crippen LogP contribution in [-0.4, -0.2) is 16.1 Å². The van der Waals surface area contributed by atoms with Gasteiger partial charge < -0.3 is 9.80 Å². The third-order valence-corrected chi connectivity index (χ3v) is 22.9. The first-order valence-corrected chi connectivity index (χ1v) is 31.7. The third kappa shape index (κ3) is 8.00. The molecule has 0 aliphatic carbocycles. The van der Waals surface area contributed by atoms with Crippen molar-refractivity contribution in [1.29, 1.82) is 0 Å². The van der Waals surface area contributed by atoms with E-state index in [2.05, 4.69) is 277 Å². The molecule has 2 aliphatic rings. The van der Waals surface area contributed by atoms with Crippen LogP contribution in [0.2, 0.25) is 26.2 Å². The predicted octanol–water partition coefficient (Wildman–Crippen LogP) is 16.6. The molecule has 0 amide bonds. The molecule has 0 spiro atoms. The number of hydrogen-bond donors (Lipinski definition) is 0. The van der Waals surface area contributed by atoms with E-state index in [1.54, 1.807) is 5.19 Å². The third-order valence-electron chi connectivity index (χ3n) is 15.9. The molecule has 2 heterocycles. The molecular formula is C66H74N2Si2. The van der Waals surface area contributed by atoms with Gasteiger partial charge in [-0.05, 0) is 170 Å². The molecule has 356 valence electrons. The van der Waals surface area contributed by atoms with Crippen molar-refractivity contribution in [3.05, 3.63) is 180 Å². The lowest BCUT2D eigenvalue weighted by Gasteiger charge is -2.36. The highest BCUT2D eigenvalue weighted by Gasteiger charge is 2.43. The summed E-state index contributed by atoms with van der Waals surface area (Å²) in [4.78, 5) is 4.96. The first kappa shape index (κ1) is 47.7. The number of rotatable bonds is 6. The number of hydrogen-bond acceptors (Lipinski definition) is 2. The van der Waals surface area contributed by atoms with Gasteiger partial charge in [-0.2, -0.15) is 0 Å². The van der Waals surface area contributed by atoms with Crippen LogP contribution in [-0.2, 0) is 21.7 Å². The maximum absolute atomic E-state index is 2.65.